The normalized spacial score (nSPS) is 30.5. The SMILES string of the molecule is Cc1cccc(C2NCC(=O)N2C2CCCCCC2C)c1. The predicted octanol–water partition coefficient (Wildman–Crippen LogP) is 3.39. The number of rotatable bonds is 2. The monoisotopic (exact) mass is 286 g/mol. The zero-order valence-corrected chi connectivity index (χ0v) is 13.1. The first-order chi connectivity index (χ1) is 10.2. The largest absolute Gasteiger partial charge is 0.319 e. The van der Waals surface area contributed by atoms with Gasteiger partial charge in [0.05, 0.1) is 6.54 Å². The van der Waals surface area contributed by atoms with Gasteiger partial charge in [0.25, 0.3) is 0 Å². The molecule has 21 heavy (non-hydrogen) atoms. The van der Waals surface area contributed by atoms with Gasteiger partial charge in [0.2, 0.25) is 5.91 Å². The van der Waals surface area contributed by atoms with Crippen LogP contribution in [-0.4, -0.2) is 23.4 Å². The first-order valence-electron chi connectivity index (χ1n) is 8.28. The van der Waals surface area contributed by atoms with E-state index in [9.17, 15) is 4.79 Å². The van der Waals surface area contributed by atoms with Crippen LogP contribution in [0.15, 0.2) is 24.3 Å². The molecule has 3 atom stereocenters. The third-order valence-electron chi connectivity index (χ3n) is 5.04. The third kappa shape index (κ3) is 2.98. The van der Waals surface area contributed by atoms with E-state index >= 15 is 0 Å². The molecule has 0 bridgehead atoms. The van der Waals surface area contributed by atoms with Crippen molar-refractivity contribution in [3.8, 4) is 0 Å². The molecule has 3 unspecified atom stereocenters. The lowest BCUT2D eigenvalue weighted by molar-refractivity contribution is -0.131. The molecular weight excluding hydrogens is 260 g/mol. The molecule has 1 N–H and O–H groups in total. The van der Waals surface area contributed by atoms with E-state index in [-0.39, 0.29) is 12.1 Å². The van der Waals surface area contributed by atoms with Crippen molar-refractivity contribution in [2.24, 2.45) is 5.92 Å². The van der Waals surface area contributed by atoms with E-state index in [2.05, 4.69) is 48.3 Å². The molecule has 1 saturated heterocycles. The number of aryl methyl sites for hydroxylation is 1. The van der Waals surface area contributed by atoms with Crippen LogP contribution < -0.4 is 5.32 Å². The van der Waals surface area contributed by atoms with Crippen molar-refractivity contribution in [2.45, 2.75) is 58.2 Å². The fourth-order valence-electron chi connectivity index (χ4n) is 3.90. The molecule has 1 aromatic carbocycles. The van der Waals surface area contributed by atoms with Gasteiger partial charge < -0.3 is 4.90 Å². The average Bonchev–Trinajstić information content (AvgIpc) is 2.71. The Labute approximate surface area is 127 Å². The maximum absolute atomic E-state index is 12.5. The molecule has 3 heteroatoms. The summed E-state index contributed by atoms with van der Waals surface area (Å²) in [6.07, 6.45) is 6.32. The highest BCUT2D eigenvalue weighted by molar-refractivity contribution is 5.81. The molecule has 0 spiro atoms. The summed E-state index contributed by atoms with van der Waals surface area (Å²) in [7, 11) is 0. The van der Waals surface area contributed by atoms with Crippen LogP contribution in [0.3, 0.4) is 0 Å². The van der Waals surface area contributed by atoms with Crippen LogP contribution >= 0.6 is 0 Å². The molecule has 2 aliphatic rings. The highest BCUT2D eigenvalue weighted by atomic mass is 16.2. The van der Waals surface area contributed by atoms with E-state index in [1.54, 1.807) is 0 Å². The molecule has 1 amide bonds. The first kappa shape index (κ1) is 14.6. The molecule has 1 aromatic rings. The van der Waals surface area contributed by atoms with Gasteiger partial charge in [-0.05, 0) is 31.2 Å². The number of benzene rings is 1. The van der Waals surface area contributed by atoms with Crippen molar-refractivity contribution in [3.05, 3.63) is 35.4 Å². The Bertz CT molecular complexity index is 514. The Hall–Kier alpha value is -1.35. The summed E-state index contributed by atoms with van der Waals surface area (Å²) in [5.41, 5.74) is 2.47. The van der Waals surface area contributed by atoms with E-state index in [1.807, 2.05) is 0 Å². The van der Waals surface area contributed by atoms with Crippen LogP contribution in [0.2, 0.25) is 0 Å². The predicted molar refractivity (Wildman–Crippen MR) is 84.8 cm³/mol. The molecule has 1 aliphatic carbocycles. The Morgan fingerprint density at radius 1 is 1.19 bits per heavy atom. The van der Waals surface area contributed by atoms with Gasteiger partial charge in [-0.25, -0.2) is 0 Å². The summed E-state index contributed by atoms with van der Waals surface area (Å²) in [4.78, 5) is 14.6. The first-order valence-corrected chi connectivity index (χ1v) is 8.28. The van der Waals surface area contributed by atoms with Crippen molar-refractivity contribution < 1.29 is 4.79 Å². The Morgan fingerprint density at radius 2 is 2.00 bits per heavy atom. The second kappa shape index (κ2) is 6.18. The molecule has 3 nitrogen and oxygen atoms in total. The Balaban J connectivity index is 1.88. The fraction of sp³-hybridized carbons (Fsp3) is 0.611. The number of hydrogen-bond donors (Lipinski definition) is 1. The summed E-state index contributed by atoms with van der Waals surface area (Å²) in [6.45, 7) is 4.90. The highest BCUT2D eigenvalue weighted by Crippen LogP contribution is 2.34. The van der Waals surface area contributed by atoms with Gasteiger partial charge >= 0.3 is 0 Å². The van der Waals surface area contributed by atoms with Crippen LogP contribution in [0, 0.1) is 12.8 Å². The van der Waals surface area contributed by atoms with Crippen LogP contribution in [0.5, 0.6) is 0 Å². The second-order valence-corrected chi connectivity index (χ2v) is 6.68. The van der Waals surface area contributed by atoms with Crippen molar-refractivity contribution in [2.75, 3.05) is 6.54 Å². The smallest absolute Gasteiger partial charge is 0.238 e. The van der Waals surface area contributed by atoms with E-state index in [0.717, 1.165) is 6.42 Å². The molecule has 0 aromatic heterocycles. The minimum absolute atomic E-state index is 0.0583. The van der Waals surface area contributed by atoms with Gasteiger partial charge in [-0.15, -0.1) is 0 Å². The molecular formula is C18H26N2O. The van der Waals surface area contributed by atoms with E-state index in [4.69, 9.17) is 0 Å². The minimum Gasteiger partial charge on any atom is -0.319 e. The maximum Gasteiger partial charge on any atom is 0.238 e. The minimum atomic E-state index is 0.0583. The van der Waals surface area contributed by atoms with Gasteiger partial charge in [0, 0.05) is 6.04 Å². The third-order valence-corrected chi connectivity index (χ3v) is 5.04. The number of hydrogen-bond acceptors (Lipinski definition) is 2. The van der Waals surface area contributed by atoms with Gasteiger partial charge in [0.1, 0.15) is 6.17 Å². The van der Waals surface area contributed by atoms with Gasteiger partial charge in [-0.2, -0.15) is 0 Å². The summed E-state index contributed by atoms with van der Waals surface area (Å²) < 4.78 is 0. The van der Waals surface area contributed by atoms with Crippen molar-refractivity contribution in [1.82, 2.24) is 10.2 Å². The van der Waals surface area contributed by atoms with Crippen molar-refractivity contribution in [3.63, 3.8) is 0 Å². The zero-order chi connectivity index (χ0) is 14.8. The molecule has 1 aliphatic heterocycles. The van der Waals surface area contributed by atoms with Gasteiger partial charge in [-0.1, -0.05) is 56.0 Å². The van der Waals surface area contributed by atoms with E-state index in [0.29, 0.717) is 18.5 Å². The molecule has 2 fully saturated rings. The molecule has 3 rings (SSSR count). The second-order valence-electron chi connectivity index (χ2n) is 6.68. The quantitative estimate of drug-likeness (QED) is 0.845. The van der Waals surface area contributed by atoms with Gasteiger partial charge in [0.15, 0.2) is 0 Å². The standard InChI is InChI=1S/C18H26N2O/c1-13-7-6-9-15(11-13)18-19-12-17(21)20(18)16-10-5-3-4-8-14(16)2/h6-7,9,11,14,16,18-19H,3-5,8,10,12H2,1-2H3. The molecule has 114 valence electrons. The van der Waals surface area contributed by atoms with Crippen LogP contribution in [-0.2, 0) is 4.79 Å². The van der Waals surface area contributed by atoms with E-state index < -0.39 is 0 Å². The number of carbonyl (C=O) groups is 1. The Morgan fingerprint density at radius 3 is 2.81 bits per heavy atom. The van der Waals surface area contributed by atoms with Crippen molar-refractivity contribution >= 4 is 5.91 Å². The lowest BCUT2D eigenvalue weighted by Gasteiger charge is -2.36. The highest BCUT2D eigenvalue weighted by Gasteiger charge is 2.39. The summed E-state index contributed by atoms with van der Waals surface area (Å²) in [6, 6.07) is 8.92. The summed E-state index contributed by atoms with van der Waals surface area (Å²) in [5.74, 6) is 0.865. The average molecular weight is 286 g/mol. The summed E-state index contributed by atoms with van der Waals surface area (Å²) >= 11 is 0. The Kier molecular flexibility index (Phi) is 4.29. The summed E-state index contributed by atoms with van der Waals surface area (Å²) in [5, 5.41) is 3.41. The topological polar surface area (TPSA) is 32.3 Å². The van der Waals surface area contributed by atoms with E-state index in [1.165, 1.54) is 36.8 Å². The maximum atomic E-state index is 12.5. The number of carbonyl (C=O) groups excluding carboxylic acids is 1. The van der Waals surface area contributed by atoms with Crippen LogP contribution in [0.1, 0.15) is 56.3 Å². The molecule has 1 heterocycles. The fourth-order valence-corrected chi connectivity index (χ4v) is 3.90. The van der Waals surface area contributed by atoms with Crippen LogP contribution in [0.25, 0.3) is 0 Å². The van der Waals surface area contributed by atoms with Crippen LogP contribution in [0.4, 0.5) is 0 Å². The molecule has 0 radical (unpaired) electrons. The zero-order valence-electron chi connectivity index (χ0n) is 13.1. The number of amides is 1. The number of nitrogens with one attached hydrogen (secondary N) is 1. The lowest BCUT2D eigenvalue weighted by atomic mass is 9.94. The number of nitrogens with zero attached hydrogens (tertiary/aromatic N) is 1. The van der Waals surface area contributed by atoms with Gasteiger partial charge in [-0.3, -0.25) is 10.1 Å². The molecule has 1 saturated carbocycles. The lowest BCUT2D eigenvalue weighted by Crippen LogP contribution is -2.43. The van der Waals surface area contributed by atoms with Crippen molar-refractivity contribution in [1.29, 1.82) is 0 Å².